The van der Waals surface area contributed by atoms with Crippen LogP contribution in [0.5, 0.6) is 5.75 Å². The van der Waals surface area contributed by atoms with Gasteiger partial charge in [0.2, 0.25) is 5.91 Å². The SMILES string of the molecule is CCCCC1CN(CC(=O)NCC(c2ccccn2)N2CCOCC2)Cc2ccccc2O1. The van der Waals surface area contributed by atoms with Gasteiger partial charge in [-0.2, -0.15) is 0 Å². The first-order chi connectivity index (χ1) is 16.2. The highest BCUT2D eigenvalue weighted by Crippen LogP contribution is 2.26. The maximum absolute atomic E-state index is 13.0. The molecule has 4 rings (SSSR count). The van der Waals surface area contributed by atoms with Crippen LogP contribution in [0.4, 0.5) is 0 Å². The Labute approximate surface area is 197 Å². The highest BCUT2D eigenvalue weighted by atomic mass is 16.5. The zero-order valence-corrected chi connectivity index (χ0v) is 19.6. The molecule has 0 radical (unpaired) electrons. The molecule has 2 aromatic rings. The number of para-hydroxylation sites is 1. The lowest BCUT2D eigenvalue weighted by Crippen LogP contribution is -2.46. The number of aromatic nitrogens is 1. The lowest BCUT2D eigenvalue weighted by molar-refractivity contribution is -0.122. The van der Waals surface area contributed by atoms with Crippen molar-refractivity contribution < 1.29 is 14.3 Å². The van der Waals surface area contributed by atoms with Crippen molar-refractivity contribution >= 4 is 5.91 Å². The number of benzene rings is 1. The maximum atomic E-state index is 13.0. The van der Waals surface area contributed by atoms with E-state index in [1.807, 2.05) is 42.6 Å². The van der Waals surface area contributed by atoms with Crippen LogP contribution in [-0.2, 0) is 16.1 Å². The van der Waals surface area contributed by atoms with Gasteiger partial charge < -0.3 is 14.8 Å². The number of amides is 1. The molecule has 2 aliphatic heterocycles. The van der Waals surface area contributed by atoms with Gasteiger partial charge in [0.25, 0.3) is 0 Å². The molecule has 2 aliphatic rings. The summed E-state index contributed by atoms with van der Waals surface area (Å²) in [6, 6.07) is 14.2. The molecule has 1 aromatic heterocycles. The number of carbonyl (C=O) groups excluding carboxylic acids is 1. The molecule has 7 heteroatoms. The topological polar surface area (TPSA) is 66.9 Å². The molecule has 1 fully saturated rings. The second kappa shape index (κ2) is 12.1. The van der Waals surface area contributed by atoms with Gasteiger partial charge in [-0.05, 0) is 31.0 Å². The number of carbonyl (C=O) groups is 1. The summed E-state index contributed by atoms with van der Waals surface area (Å²) in [6.07, 6.45) is 5.18. The molecule has 0 aliphatic carbocycles. The van der Waals surface area contributed by atoms with Gasteiger partial charge >= 0.3 is 0 Å². The number of hydrogen-bond donors (Lipinski definition) is 1. The smallest absolute Gasteiger partial charge is 0.234 e. The van der Waals surface area contributed by atoms with E-state index >= 15 is 0 Å². The molecular formula is C26H36N4O3. The van der Waals surface area contributed by atoms with E-state index in [1.54, 1.807) is 0 Å². The molecule has 1 aromatic carbocycles. The van der Waals surface area contributed by atoms with Crippen LogP contribution in [0.15, 0.2) is 48.7 Å². The van der Waals surface area contributed by atoms with Crippen LogP contribution in [0.25, 0.3) is 0 Å². The van der Waals surface area contributed by atoms with E-state index in [1.165, 1.54) is 0 Å². The van der Waals surface area contributed by atoms with Crippen molar-refractivity contribution in [2.45, 2.75) is 44.9 Å². The van der Waals surface area contributed by atoms with Crippen LogP contribution in [0.1, 0.15) is 43.5 Å². The van der Waals surface area contributed by atoms with Gasteiger partial charge in [-0.15, -0.1) is 0 Å². The van der Waals surface area contributed by atoms with Crippen molar-refractivity contribution in [1.29, 1.82) is 0 Å². The van der Waals surface area contributed by atoms with Gasteiger partial charge in [0.1, 0.15) is 11.9 Å². The van der Waals surface area contributed by atoms with Gasteiger partial charge in [-0.1, -0.05) is 37.6 Å². The van der Waals surface area contributed by atoms with Gasteiger partial charge in [0, 0.05) is 44.5 Å². The molecule has 1 amide bonds. The molecule has 2 atom stereocenters. The largest absolute Gasteiger partial charge is 0.489 e. The minimum atomic E-state index is 0.0396. The van der Waals surface area contributed by atoms with E-state index in [0.29, 0.717) is 26.3 Å². The molecule has 1 N–H and O–H groups in total. The fraction of sp³-hybridized carbons (Fsp3) is 0.538. The first-order valence-corrected chi connectivity index (χ1v) is 12.2. The Morgan fingerprint density at radius 1 is 1.18 bits per heavy atom. The predicted molar refractivity (Wildman–Crippen MR) is 128 cm³/mol. The molecule has 2 unspecified atom stereocenters. The fourth-order valence-electron chi connectivity index (χ4n) is 4.61. The Morgan fingerprint density at radius 2 is 2.00 bits per heavy atom. The highest BCUT2D eigenvalue weighted by Gasteiger charge is 2.26. The molecule has 1 saturated heterocycles. The summed E-state index contributed by atoms with van der Waals surface area (Å²) in [6.45, 7) is 7.69. The first kappa shape index (κ1) is 23.7. The molecule has 7 nitrogen and oxygen atoms in total. The van der Waals surface area contributed by atoms with Crippen LogP contribution in [0.3, 0.4) is 0 Å². The predicted octanol–water partition coefficient (Wildman–Crippen LogP) is 3.02. The van der Waals surface area contributed by atoms with E-state index in [-0.39, 0.29) is 18.1 Å². The van der Waals surface area contributed by atoms with Crippen LogP contribution >= 0.6 is 0 Å². The van der Waals surface area contributed by atoms with Crippen molar-refractivity contribution in [1.82, 2.24) is 20.1 Å². The summed E-state index contributed by atoms with van der Waals surface area (Å²) in [5, 5.41) is 3.18. The van der Waals surface area contributed by atoms with Gasteiger partial charge in [0.15, 0.2) is 0 Å². The molecule has 0 saturated carbocycles. The second-order valence-corrected chi connectivity index (χ2v) is 8.88. The molecule has 33 heavy (non-hydrogen) atoms. The summed E-state index contributed by atoms with van der Waals surface area (Å²) >= 11 is 0. The third-order valence-electron chi connectivity index (χ3n) is 6.38. The molecule has 3 heterocycles. The average Bonchev–Trinajstić information content (AvgIpc) is 3.02. The molecule has 178 valence electrons. The van der Waals surface area contributed by atoms with Crippen LogP contribution in [0, 0.1) is 0 Å². The number of hydrogen-bond acceptors (Lipinski definition) is 6. The minimum absolute atomic E-state index is 0.0396. The fourth-order valence-corrected chi connectivity index (χ4v) is 4.61. The van der Waals surface area contributed by atoms with Crippen LogP contribution < -0.4 is 10.1 Å². The number of unbranched alkanes of at least 4 members (excludes halogenated alkanes) is 1. The molecular weight excluding hydrogens is 416 g/mol. The minimum Gasteiger partial charge on any atom is -0.489 e. The molecule has 0 spiro atoms. The Kier molecular flexibility index (Phi) is 8.69. The summed E-state index contributed by atoms with van der Waals surface area (Å²) < 4.78 is 11.8. The lowest BCUT2D eigenvalue weighted by Gasteiger charge is -2.34. The Bertz CT molecular complexity index is 873. The number of pyridine rings is 1. The zero-order valence-electron chi connectivity index (χ0n) is 19.6. The Morgan fingerprint density at radius 3 is 2.79 bits per heavy atom. The standard InChI is InChI=1S/C26H36N4O3/c1-2-3-9-22-19-29(18-21-8-4-5-11-25(21)33-22)20-26(31)28-17-24(23-10-6-7-12-27-23)30-13-15-32-16-14-30/h4-8,10-12,22,24H,2-3,9,13-20H2,1H3,(H,28,31). The maximum Gasteiger partial charge on any atom is 0.234 e. The van der Waals surface area contributed by atoms with Crippen LogP contribution in [0.2, 0.25) is 0 Å². The van der Waals surface area contributed by atoms with E-state index < -0.39 is 0 Å². The van der Waals surface area contributed by atoms with E-state index in [4.69, 9.17) is 9.47 Å². The third-order valence-corrected chi connectivity index (χ3v) is 6.38. The first-order valence-electron chi connectivity index (χ1n) is 12.2. The number of nitrogens with one attached hydrogen (secondary N) is 1. The summed E-state index contributed by atoms with van der Waals surface area (Å²) in [4.78, 5) is 22.1. The summed E-state index contributed by atoms with van der Waals surface area (Å²) in [5.74, 6) is 0.988. The van der Waals surface area contributed by atoms with Crippen LogP contribution in [-0.4, -0.2) is 72.7 Å². The normalized spacial score (nSPS) is 20.3. The summed E-state index contributed by atoms with van der Waals surface area (Å²) in [7, 11) is 0. The van der Waals surface area contributed by atoms with Gasteiger partial charge in [-0.25, -0.2) is 0 Å². The van der Waals surface area contributed by atoms with Crippen molar-refractivity contribution in [2.75, 3.05) is 45.9 Å². The monoisotopic (exact) mass is 452 g/mol. The van der Waals surface area contributed by atoms with Crippen molar-refractivity contribution in [3.05, 3.63) is 59.9 Å². The second-order valence-electron chi connectivity index (χ2n) is 8.88. The van der Waals surface area contributed by atoms with Crippen molar-refractivity contribution in [3.63, 3.8) is 0 Å². The highest BCUT2D eigenvalue weighted by molar-refractivity contribution is 5.78. The van der Waals surface area contributed by atoms with Crippen molar-refractivity contribution in [3.8, 4) is 5.75 Å². The van der Waals surface area contributed by atoms with E-state index in [9.17, 15) is 4.79 Å². The number of ether oxygens (including phenoxy) is 2. The average molecular weight is 453 g/mol. The quantitative estimate of drug-likeness (QED) is 0.631. The van der Waals surface area contributed by atoms with E-state index in [2.05, 4.69) is 33.1 Å². The van der Waals surface area contributed by atoms with Gasteiger partial charge in [-0.3, -0.25) is 19.6 Å². The summed E-state index contributed by atoms with van der Waals surface area (Å²) in [5.41, 5.74) is 2.13. The molecule has 0 bridgehead atoms. The zero-order chi connectivity index (χ0) is 22.9. The lowest BCUT2D eigenvalue weighted by atomic mass is 10.1. The van der Waals surface area contributed by atoms with E-state index in [0.717, 1.165) is 62.4 Å². The van der Waals surface area contributed by atoms with Crippen molar-refractivity contribution in [2.24, 2.45) is 0 Å². The Hall–Kier alpha value is -2.48. The Balaban J connectivity index is 1.39. The number of rotatable bonds is 9. The van der Waals surface area contributed by atoms with Gasteiger partial charge in [0.05, 0.1) is 31.5 Å². The number of morpholine rings is 1. The number of nitrogens with zero attached hydrogens (tertiary/aromatic N) is 3. The number of fused-ring (bicyclic) bond motifs is 1. The third kappa shape index (κ3) is 6.76.